The Hall–Kier alpha value is -2.08. The molecular weight excluding hydrogens is 296 g/mol. The molecule has 1 spiro atoms. The van der Waals surface area contributed by atoms with Crippen LogP contribution in [0.25, 0.3) is 0 Å². The summed E-state index contributed by atoms with van der Waals surface area (Å²) in [5, 5.41) is 9.38. The number of nitrogens with zero attached hydrogens (tertiary/aromatic N) is 2. The van der Waals surface area contributed by atoms with E-state index in [1.54, 1.807) is 25.1 Å². The Kier molecular flexibility index (Phi) is 4.02. The molecular formula is C17H22N2O4. The van der Waals surface area contributed by atoms with E-state index in [0.717, 1.165) is 25.9 Å². The summed E-state index contributed by atoms with van der Waals surface area (Å²) >= 11 is 0. The summed E-state index contributed by atoms with van der Waals surface area (Å²) in [6, 6.07) is 6.23. The average molecular weight is 318 g/mol. The SMILES string of the molecule is C[C@H](C(=O)O)N1CC2(CCN(C)CC2)Oc2ccccc2C1=O. The first kappa shape index (κ1) is 15.8. The molecule has 124 valence electrons. The molecule has 1 atom stereocenters. The van der Waals surface area contributed by atoms with Crippen LogP contribution in [0.3, 0.4) is 0 Å². The summed E-state index contributed by atoms with van der Waals surface area (Å²) in [5.74, 6) is -0.714. The van der Waals surface area contributed by atoms with Crippen molar-refractivity contribution in [2.75, 3.05) is 26.7 Å². The van der Waals surface area contributed by atoms with Gasteiger partial charge in [0.25, 0.3) is 5.91 Å². The fraction of sp³-hybridized carbons (Fsp3) is 0.529. The molecule has 0 unspecified atom stereocenters. The van der Waals surface area contributed by atoms with Crippen LogP contribution in [-0.4, -0.2) is 65.1 Å². The van der Waals surface area contributed by atoms with Gasteiger partial charge in [0, 0.05) is 25.9 Å². The standard InChI is InChI=1S/C17H22N2O4/c1-12(16(21)22)19-11-17(7-9-18(2)10-8-17)23-14-6-4-3-5-13(14)15(19)20/h3-6,12H,7-11H2,1-2H3,(H,21,22)/t12-/m1/s1. The number of hydrogen-bond acceptors (Lipinski definition) is 4. The summed E-state index contributed by atoms with van der Waals surface area (Å²) in [5.41, 5.74) is -0.0743. The normalized spacial score (nSPS) is 22.2. The maximum absolute atomic E-state index is 12.8. The maximum atomic E-state index is 12.8. The molecule has 1 amide bonds. The number of benzene rings is 1. The van der Waals surface area contributed by atoms with Crippen molar-refractivity contribution in [1.82, 2.24) is 9.80 Å². The van der Waals surface area contributed by atoms with E-state index in [9.17, 15) is 14.7 Å². The van der Waals surface area contributed by atoms with Gasteiger partial charge < -0.3 is 19.6 Å². The molecule has 1 fully saturated rings. The quantitative estimate of drug-likeness (QED) is 0.894. The maximum Gasteiger partial charge on any atom is 0.326 e. The molecule has 0 aromatic heterocycles. The number of fused-ring (bicyclic) bond motifs is 1. The minimum atomic E-state index is -0.999. The van der Waals surface area contributed by atoms with Crippen LogP contribution in [0.2, 0.25) is 0 Å². The van der Waals surface area contributed by atoms with Crippen LogP contribution in [0.5, 0.6) is 5.75 Å². The van der Waals surface area contributed by atoms with E-state index >= 15 is 0 Å². The van der Waals surface area contributed by atoms with Crippen molar-refractivity contribution >= 4 is 11.9 Å². The molecule has 0 bridgehead atoms. The molecule has 1 aromatic carbocycles. The van der Waals surface area contributed by atoms with Crippen molar-refractivity contribution in [3.05, 3.63) is 29.8 Å². The van der Waals surface area contributed by atoms with Gasteiger partial charge in [-0.1, -0.05) is 12.1 Å². The van der Waals surface area contributed by atoms with E-state index < -0.39 is 17.6 Å². The monoisotopic (exact) mass is 318 g/mol. The van der Waals surface area contributed by atoms with E-state index in [1.807, 2.05) is 6.07 Å². The number of hydrogen-bond donors (Lipinski definition) is 1. The van der Waals surface area contributed by atoms with Crippen LogP contribution < -0.4 is 4.74 Å². The second-order valence-electron chi connectivity index (χ2n) is 6.53. The third-order valence-corrected chi connectivity index (χ3v) is 4.89. The van der Waals surface area contributed by atoms with Crippen LogP contribution in [0.4, 0.5) is 0 Å². The number of para-hydroxylation sites is 1. The molecule has 2 aliphatic rings. The second kappa shape index (κ2) is 5.85. The molecule has 0 radical (unpaired) electrons. The number of ether oxygens (including phenoxy) is 1. The molecule has 3 rings (SSSR count). The van der Waals surface area contributed by atoms with Gasteiger partial charge in [-0.25, -0.2) is 4.79 Å². The van der Waals surface area contributed by atoms with E-state index in [2.05, 4.69) is 11.9 Å². The molecule has 2 heterocycles. The molecule has 6 heteroatoms. The molecule has 1 aromatic rings. The van der Waals surface area contributed by atoms with Gasteiger partial charge in [-0.3, -0.25) is 4.79 Å². The molecule has 1 saturated heterocycles. The van der Waals surface area contributed by atoms with E-state index in [0.29, 0.717) is 17.9 Å². The Labute approximate surface area is 135 Å². The zero-order valence-electron chi connectivity index (χ0n) is 13.5. The van der Waals surface area contributed by atoms with Crippen molar-refractivity contribution < 1.29 is 19.4 Å². The number of piperidine rings is 1. The van der Waals surface area contributed by atoms with Gasteiger partial charge in [0.15, 0.2) is 0 Å². The lowest BCUT2D eigenvalue weighted by Crippen LogP contribution is -2.56. The predicted octanol–water partition coefficient (Wildman–Crippen LogP) is 1.46. The van der Waals surface area contributed by atoms with Gasteiger partial charge in [-0.05, 0) is 26.1 Å². The van der Waals surface area contributed by atoms with E-state index in [-0.39, 0.29) is 5.91 Å². The van der Waals surface area contributed by atoms with Crippen LogP contribution in [0, 0.1) is 0 Å². The number of carboxylic acids is 1. The smallest absolute Gasteiger partial charge is 0.326 e. The first-order valence-corrected chi connectivity index (χ1v) is 7.92. The highest BCUT2D eigenvalue weighted by molar-refractivity contribution is 5.99. The lowest BCUT2D eigenvalue weighted by molar-refractivity contribution is -0.142. The average Bonchev–Trinajstić information content (AvgIpc) is 2.66. The fourth-order valence-electron chi connectivity index (χ4n) is 3.27. The van der Waals surface area contributed by atoms with Gasteiger partial charge >= 0.3 is 5.97 Å². The van der Waals surface area contributed by atoms with Crippen molar-refractivity contribution in [3.63, 3.8) is 0 Å². The zero-order chi connectivity index (χ0) is 16.6. The van der Waals surface area contributed by atoms with Crippen LogP contribution in [0.15, 0.2) is 24.3 Å². The van der Waals surface area contributed by atoms with Gasteiger partial charge in [0.2, 0.25) is 0 Å². The van der Waals surface area contributed by atoms with Crippen molar-refractivity contribution in [1.29, 1.82) is 0 Å². The second-order valence-corrected chi connectivity index (χ2v) is 6.53. The third-order valence-electron chi connectivity index (χ3n) is 4.89. The van der Waals surface area contributed by atoms with Crippen LogP contribution >= 0.6 is 0 Å². The number of carbonyl (C=O) groups excluding carboxylic acids is 1. The summed E-state index contributed by atoms with van der Waals surface area (Å²) in [7, 11) is 2.06. The Morgan fingerprint density at radius 1 is 1.30 bits per heavy atom. The predicted molar refractivity (Wildman–Crippen MR) is 84.7 cm³/mol. The number of likely N-dealkylation sites (tertiary alicyclic amines) is 1. The minimum Gasteiger partial charge on any atom is -0.484 e. The topological polar surface area (TPSA) is 70.1 Å². The zero-order valence-corrected chi connectivity index (χ0v) is 13.5. The molecule has 6 nitrogen and oxygen atoms in total. The van der Waals surface area contributed by atoms with Crippen LogP contribution in [0.1, 0.15) is 30.1 Å². The van der Waals surface area contributed by atoms with Crippen molar-refractivity contribution in [3.8, 4) is 5.75 Å². The van der Waals surface area contributed by atoms with Crippen molar-refractivity contribution in [2.24, 2.45) is 0 Å². The first-order chi connectivity index (χ1) is 10.9. The summed E-state index contributed by atoms with van der Waals surface area (Å²) in [4.78, 5) is 28.0. The molecule has 2 aliphatic heterocycles. The highest BCUT2D eigenvalue weighted by Gasteiger charge is 2.44. The van der Waals surface area contributed by atoms with Crippen LogP contribution in [-0.2, 0) is 4.79 Å². The van der Waals surface area contributed by atoms with Gasteiger partial charge in [0.05, 0.1) is 12.1 Å². The fourth-order valence-corrected chi connectivity index (χ4v) is 3.27. The Morgan fingerprint density at radius 3 is 2.61 bits per heavy atom. The molecule has 0 saturated carbocycles. The molecule has 0 aliphatic carbocycles. The van der Waals surface area contributed by atoms with Gasteiger partial charge in [0.1, 0.15) is 17.4 Å². The van der Waals surface area contributed by atoms with Gasteiger partial charge in [-0.15, -0.1) is 0 Å². The summed E-state index contributed by atoms with van der Waals surface area (Å²) < 4.78 is 6.28. The Morgan fingerprint density at radius 2 is 1.96 bits per heavy atom. The summed E-state index contributed by atoms with van der Waals surface area (Å²) in [6.07, 6.45) is 1.54. The third kappa shape index (κ3) is 2.91. The minimum absolute atomic E-state index is 0.272. The van der Waals surface area contributed by atoms with E-state index in [1.165, 1.54) is 4.90 Å². The number of carboxylic acid groups (broad SMARTS) is 1. The number of carbonyl (C=O) groups is 2. The number of rotatable bonds is 2. The lowest BCUT2D eigenvalue weighted by atomic mass is 9.90. The highest BCUT2D eigenvalue weighted by Crippen LogP contribution is 2.35. The number of aliphatic carboxylic acids is 1. The Balaban J connectivity index is 2.02. The van der Waals surface area contributed by atoms with Gasteiger partial charge in [-0.2, -0.15) is 0 Å². The van der Waals surface area contributed by atoms with Crippen molar-refractivity contribution in [2.45, 2.75) is 31.4 Å². The summed E-state index contributed by atoms with van der Waals surface area (Å²) in [6.45, 7) is 3.59. The molecule has 23 heavy (non-hydrogen) atoms. The van der Waals surface area contributed by atoms with E-state index in [4.69, 9.17) is 4.74 Å². The number of amides is 1. The molecule has 1 N–H and O–H groups in total. The largest absolute Gasteiger partial charge is 0.484 e. The Bertz CT molecular complexity index is 623. The first-order valence-electron chi connectivity index (χ1n) is 7.92. The highest BCUT2D eigenvalue weighted by atomic mass is 16.5. The lowest BCUT2D eigenvalue weighted by Gasteiger charge is -2.42.